The summed E-state index contributed by atoms with van der Waals surface area (Å²) in [6.45, 7) is 4.84. The molecule has 6 aromatic carbocycles. The van der Waals surface area contributed by atoms with Crippen LogP contribution in [0.5, 0.6) is 0 Å². The lowest BCUT2D eigenvalue weighted by Gasteiger charge is -2.51. The van der Waals surface area contributed by atoms with Gasteiger partial charge in [-0.1, -0.05) is 148 Å². The van der Waals surface area contributed by atoms with Gasteiger partial charge in [0.25, 0.3) is 0 Å². The summed E-state index contributed by atoms with van der Waals surface area (Å²) in [5.41, 5.74) is 11.7. The van der Waals surface area contributed by atoms with Crippen LogP contribution in [-0.4, -0.2) is 15.0 Å². The van der Waals surface area contributed by atoms with Gasteiger partial charge >= 0.3 is 0 Å². The molecule has 2 aliphatic rings. The zero-order chi connectivity index (χ0) is 38.1. The Balaban J connectivity index is 1.14. The van der Waals surface area contributed by atoms with Gasteiger partial charge in [-0.3, -0.25) is 0 Å². The lowest BCUT2D eigenvalue weighted by Crippen LogP contribution is -2.42. The van der Waals surface area contributed by atoms with Crippen molar-refractivity contribution in [3.8, 4) is 73.6 Å². The molecule has 2 fully saturated rings. The van der Waals surface area contributed by atoms with Gasteiger partial charge in [-0.15, -0.1) is 0 Å². The van der Waals surface area contributed by atoms with Crippen LogP contribution < -0.4 is 0 Å². The van der Waals surface area contributed by atoms with Crippen LogP contribution in [0.15, 0.2) is 152 Å². The lowest BCUT2D eigenvalue weighted by atomic mass is 9.54. The highest BCUT2D eigenvalue weighted by atomic mass is 15.0. The fourth-order valence-corrected chi connectivity index (χ4v) is 9.93. The van der Waals surface area contributed by atoms with Crippen LogP contribution in [0.3, 0.4) is 0 Å². The smallest absolute Gasteiger partial charge is 0.164 e. The molecule has 4 atom stereocenters. The first kappa shape index (κ1) is 35.5. The quantitative estimate of drug-likeness (QED) is 0.156. The molecular formula is C52H46N4. The van der Waals surface area contributed by atoms with Gasteiger partial charge < -0.3 is 0 Å². The van der Waals surface area contributed by atoms with E-state index in [-0.39, 0.29) is 5.41 Å². The van der Waals surface area contributed by atoms with Crippen LogP contribution in [0.25, 0.3) is 67.5 Å². The number of nitriles is 1. The van der Waals surface area contributed by atoms with Gasteiger partial charge in [-0.25, -0.2) is 15.0 Å². The van der Waals surface area contributed by atoms with E-state index in [1.54, 1.807) is 0 Å². The normalized spacial score (nSPS) is 20.3. The van der Waals surface area contributed by atoms with Crippen LogP contribution in [0.2, 0.25) is 0 Å². The number of hydrogen-bond acceptors (Lipinski definition) is 4. The second kappa shape index (κ2) is 15.2. The van der Waals surface area contributed by atoms with Gasteiger partial charge in [0, 0.05) is 16.7 Å². The first-order valence-corrected chi connectivity index (χ1v) is 20.2. The minimum Gasteiger partial charge on any atom is -0.208 e. The van der Waals surface area contributed by atoms with Gasteiger partial charge in [0.1, 0.15) is 0 Å². The van der Waals surface area contributed by atoms with Gasteiger partial charge in [0.2, 0.25) is 0 Å². The number of fused-ring (bicyclic) bond motifs is 2. The van der Waals surface area contributed by atoms with Crippen molar-refractivity contribution in [3.63, 3.8) is 0 Å². The van der Waals surface area contributed by atoms with E-state index in [0.29, 0.717) is 23.0 Å². The summed E-state index contributed by atoms with van der Waals surface area (Å²) in [6.07, 6.45) is 7.93. The molecule has 2 saturated carbocycles. The Bertz CT molecular complexity index is 2550. The van der Waals surface area contributed by atoms with Crippen LogP contribution in [0, 0.1) is 29.1 Å². The van der Waals surface area contributed by atoms with E-state index in [2.05, 4.69) is 141 Å². The first-order valence-electron chi connectivity index (χ1n) is 20.2. The molecule has 2 unspecified atom stereocenters. The third-order valence-electron chi connectivity index (χ3n) is 12.4. The van der Waals surface area contributed by atoms with Gasteiger partial charge in [0.15, 0.2) is 17.5 Å². The van der Waals surface area contributed by atoms with Crippen molar-refractivity contribution in [1.82, 2.24) is 15.0 Å². The maximum atomic E-state index is 9.61. The minimum absolute atomic E-state index is 0.264. The molecule has 0 N–H and O–H groups in total. The minimum atomic E-state index is 0.264. The Labute approximate surface area is 331 Å². The average Bonchev–Trinajstić information content (AvgIpc) is 3.26. The Morgan fingerprint density at radius 2 is 1.09 bits per heavy atom. The largest absolute Gasteiger partial charge is 0.208 e. The molecule has 7 aromatic rings. The Kier molecular flexibility index (Phi) is 9.61. The summed E-state index contributed by atoms with van der Waals surface area (Å²) < 4.78 is 0. The van der Waals surface area contributed by atoms with E-state index in [0.717, 1.165) is 67.8 Å². The zero-order valence-corrected chi connectivity index (χ0v) is 32.2. The van der Waals surface area contributed by atoms with E-state index in [4.69, 9.17) is 15.0 Å². The van der Waals surface area contributed by atoms with Crippen LogP contribution in [0.1, 0.15) is 63.5 Å². The molecule has 9 rings (SSSR count). The summed E-state index contributed by atoms with van der Waals surface area (Å²) in [7, 11) is 0. The number of rotatable bonds is 8. The second-order valence-corrected chi connectivity index (χ2v) is 16.3. The van der Waals surface area contributed by atoms with Crippen molar-refractivity contribution < 1.29 is 0 Å². The van der Waals surface area contributed by atoms with Crippen molar-refractivity contribution in [1.29, 1.82) is 5.26 Å². The summed E-state index contributed by atoms with van der Waals surface area (Å²) in [5, 5.41) is 9.61. The maximum absolute atomic E-state index is 9.61. The zero-order valence-electron chi connectivity index (χ0n) is 32.2. The average molecular weight is 727 g/mol. The van der Waals surface area contributed by atoms with Crippen molar-refractivity contribution in [2.45, 2.75) is 57.8 Å². The summed E-state index contributed by atoms with van der Waals surface area (Å²) >= 11 is 0. The molecule has 0 saturated heterocycles. The first-order chi connectivity index (χ1) is 27.5. The molecule has 0 radical (unpaired) electrons. The van der Waals surface area contributed by atoms with E-state index >= 15 is 0 Å². The molecule has 4 nitrogen and oxygen atoms in total. The maximum Gasteiger partial charge on any atom is 0.164 e. The van der Waals surface area contributed by atoms with Crippen molar-refractivity contribution >= 4 is 0 Å². The predicted octanol–water partition coefficient (Wildman–Crippen LogP) is 13.2. The molecule has 0 amide bonds. The molecule has 274 valence electrons. The van der Waals surface area contributed by atoms with E-state index in [1.807, 2.05) is 30.3 Å². The highest BCUT2D eigenvalue weighted by Crippen LogP contribution is 2.54. The van der Waals surface area contributed by atoms with E-state index < -0.39 is 0 Å². The molecule has 2 bridgehead atoms. The summed E-state index contributed by atoms with van der Waals surface area (Å²) in [5.74, 6) is 4.35. The van der Waals surface area contributed by atoms with Crippen LogP contribution in [-0.2, 0) is 5.41 Å². The monoisotopic (exact) mass is 726 g/mol. The second-order valence-electron chi connectivity index (χ2n) is 16.3. The van der Waals surface area contributed by atoms with Crippen molar-refractivity contribution in [3.05, 3.63) is 163 Å². The van der Waals surface area contributed by atoms with Gasteiger partial charge in [-0.2, -0.15) is 5.26 Å². The topological polar surface area (TPSA) is 62.5 Å². The molecule has 4 heteroatoms. The number of hydrogen-bond donors (Lipinski definition) is 0. The van der Waals surface area contributed by atoms with Crippen LogP contribution >= 0.6 is 0 Å². The van der Waals surface area contributed by atoms with Crippen molar-refractivity contribution in [2.75, 3.05) is 0 Å². The van der Waals surface area contributed by atoms with Gasteiger partial charge in [0.05, 0.1) is 11.6 Å². The number of benzene rings is 6. The Morgan fingerprint density at radius 3 is 1.75 bits per heavy atom. The highest BCUT2D eigenvalue weighted by molar-refractivity contribution is 5.85. The molecule has 0 spiro atoms. The number of aromatic nitrogens is 3. The summed E-state index contributed by atoms with van der Waals surface area (Å²) in [6, 6.07) is 55.1. The van der Waals surface area contributed by atoms with E-state index in [9.17, 15) is 5.26 Å². The van der Waals surface area contributed by atoms with E-state index in [1.165, 1.54) is 44.1 Å². The number of nitrogens with zero attached hydrogens (tertiary/aromatic N) is 4. The fourth-order valence-electron chi connectivity index (χ4n) is 9.93. The summed E-state index contributed by atoms with van der Waals surface area (Å²) in [4.78, 5) is 15.5. The molecule has 2 aliphatic carbocycles. The van der Waals surface area contributed by atoms with Crippen molar-refractivity contribution in [2.24, 2.45) is 17.8 Å². The molecular weight excluding hydrogens is 681 g/mol. The standard InChI is InChI=1S/C52H46N4/c1-3-36-27-38-26-35(2)31-52(32-36,33-38)46-24-22-40(23-25-46)49-54-50(44-18-10-15-41(29-44)39-13-5-4-6-14-39)56-51(55-49)45-19-11-17-43(30-45)48-21-8-7-20-47(48)42-16-9-12-37(28-42)34-53/h4-25,28-30,35-36,38H,3,26-27,31-33H2,1-2H3/t35-,36?,38-,52?/m0/s1. The molecule has 1 aromatic heterocycles. The molecule has 0 aliphatic heterocycles. The Morgan fingerprint density at radius 1 is 0.536 bits per heavy atom. The molecule has 56 heavy (non-hydrogen) atoms. The third-order valence-corrected chi connectivity index (χ3v) is 12.4. The fraction of sp³-hybridized carbons (Fsp3) is 0.231. The van der Waals surface area contributed by atoms with Gasteiger partial charge in [-0.05, 0) is 118 Å². The molecule has 1 heterocycles. The Hall–Kier alpha value is -6.18. The lowest BCUT2D eigenvalue weighted by molar-refractivity contribution is 0.0702. The predicted molar refractivity (Wildman–Crippen MR) is 228 cm³/mol. The highest BCUT2D eigenvalue weighted by Gasteiger charge is 2.45. The third kappa shape index (κ3) is 7.06. The SMILES string of the molecule is CCC1C[C@@H]2C[C@H](C)CC(c3ccc(-c4nc(-c5cccc(-c6ccccc6)c5)nc(-c5cccc(-c6ccccc6-c6cccc(C#N)c6)c5)n4)cc3)(C1)C2. The van der Waals surface area contributed by atoms with Crippen LogP contribution in [0.4, 0.5) is 0 Å².